The van der Waals surface area contributed by atoms with Crippen LogP contribution in [-0.4, -0.2) is 0 Å². The second kappa shape index (κ2) is 2.67. The third kappa shape index (κ3) is 1.12. The van der Waals surface area contributed by atoms with Gasteiger partial charge in [-0.1, -0.05) is 25.0 Å². The normalized spacial score (nSPS) is 32.5. The van der Waals surface area contributed by atoms with E-state index in [0.717, 1.165) is 5.92 Å². The average molecular weight is 187 g/mol. The van der Waals surface area contributed by atoms with Crippen LogP contribution >= 0.6 is 0 Å². The van der Waals surface area contributed by atoms with Crippen LogP contribution in [0, 0.1) is 11.3 Å². The summed E-state index contributed by atoms with van der Waals surface area (Å²) in [4.78, 5) is 0. The Morgan fingerprint density at radius 1 is 1.36 bits per heavy atom. The van der Waals surface area contributed by atoms with Crippen molar-refractivity contribution in [1.82, 2.24) is 0 Å². The summed E-state index contributed by atoms with van der Waals surface area (Å²) in [6.07, 6.45) is 4.24. The van der Waals surface area contributed by atoms with E-state index in [-0.39, 0.29) is 18.6 Å². The minimum atomic E-state index is 0. The van der Waals surface area contributed by atoms with E-state index in [4.69, 9.17) is 0 Å². The van der Waals surface area contributed by atoms with Gasteiger partial charge in [-0.15, -0.1) is 0 Å². The van der Waals surface area contributed by atoms with E-state index in [1.165, 1.54) is 19.3 Å². The zero-order valence-electron chi connectivity index (χ0n) is 7.65. The molecule has 3 aliphatic carbocycles. The molecule has 1 fully saturated rings. The quantitative estimate of drug-likeness (QED) is 0.511. The van der Waals surface area contributed by atoms with Crippen LogP contribution in [0.25, 0.3) is 0 Å². The third-order valence-corrected chi connectivity index (χ3v) is 3.63. The molecule has 1 radical (unpaired) electrons. The fraction of sp³-hybridized carbons (Fsp3) is 0.800. The van der Waals surface area contributed by atoms with Crippen LogP contribution in [0.4, 0.5) is 0 Å². The summed E-state index contributed by atoms with van der Waals surface area (Å²) in [6.45, 7) is 7.12. The number of hydrogen-bond acceptors (Lipinski definition) is 0. The molecule has 0 aromatic heterocycles. The molecule has 0 aromatic carbocycles. The molecule has 61 valence electrons. The molecule has 3 rings (SSSR count). The smallest absolute Gasteiger partial charge is 0 e. The summed E-state index contributed by atoms with van der Waals surface area (Å²) in [5.41, 5.74) is 4.04. The zero-order valence-corrected chi connectivity index (χ0v) is 9.04. The van der Waals surface area contributed by atoms with E-state index in [0.29, 0.717) is 5.41 Å². The minimum absolute atomic E-state index is 0. The second-order valence-corrected chi connectivity index (χ2v) is 4.42. The number of hydrogen-bond donors (Lipinski definition) is 0. The van der Waals surface area contributed by atoms with Gasteiger partial charge in [-0.05, 0) is 37.5 Å². The van der Waals surface area contributed by atoms with Crippen LogP contribution in [0.2, 0.25) is 0 Å². The second-order valence-electron chi connectivity index (χ2n) is 4.42. The summed E-state index contributed by atoms with van der Waals surface area (Å²) in [5, 5.41) is 0. The first-order valence-corrected chi connectivity index (χ1v) is 4.31. The van der Waals surface area contributed by atoms with Gasteiger partial charge in [-0.25, -0.2) is 0 Å². The van der Waals surface area contributed by atoms with Crippen LogP contribution in [0.3, 0.4) is 0 Å². The molecule has 1 unspecified atom stereocenters. The Kier molecular flexibility index (Phi) is 2.29. The van der Waals surface area contributed by atoms with Crippen molar-refractivity contribution in [2.24, 2.45) is 11.3 Å². The van der Waals surface area contributed by atoms with E-state index in [1.54, 1.807) is 11.1 Å². The van der Waals surface area contributed by atoms with E-state index in [2.05, 4.69) is 20.8 Å². The van der Waals surface area contributed by atoms with E-state index >= 15 is 0 Å². The fourth-order valence-electron chi connectivity index (χ4n) is 2.61. The van der Waals surface area contributed by atoms with Gasteiger partial charge in [-0.3, -0.25) is 0 Å². The standard InChI is InChI=1S/C10H16.V/c1-7-4-5-8-6-9(7)10(8,2)3;/h8H,4-6H2,1-3H3;. The predicted molar refractivity (Wildman–Crippen MR) is 43.8 cm³/mol. The van der Waals surface area contributed by atoms with E-state index in [1.807, 2.05) is 0 Å². The largest absolute Gasteiger partial charge is 0.0735 e. The molecule has 1 heteroatoms. The van der Waals surface area contributed by atoms with Crippen molar-refractivity contribution in [3.63, 3.8) is 0 Å². The molecule has 3 aliphatic rings. The maximum absolute atomic E-state index is 2.40. The molecule has 0 aliphatic heterocycles. The van der Waals surface area contributed by atoms with Gasteiger partial charge >= 0.3 is 0 Å². The van der Waals surface area contributed by atoms with E-state index < -0.39 is 0 Å². The molecule has 0 nitrogen and oxygen atoms in total. The number of allylic oxidation sites excluding steroid dienone is 2. The van der Waals surface area contributed by atoms with Crippen LogP contribution < -0.4 is 0 Å². The molecule has 0 amide bonds. The van der Waals surface area contributed by atoms with Gasteiger partial charge < -0.3 is 0 Å². The topological polar surface area (TPSA) is 0 Å². The van der Waals surface area contributed by atoms with Crippen molar-refractivity contribution in [1.29, 1.82) is 0 Å². The Labute approximate surface area is 81.3 Å². The van der Waals surface area contributed by atoms with Crippen molar-refractivity contribution in [3.8, 4) is 0 Å². The zero-order chi connectivity index (χ0) is 7.35. The molecule has 1 saturated carbocycles. The van der Waals surface area contributed by atoms with Gasteiger partial charge in [0.1, 0.15) is 0 Å². The molecule has 2 bridgehead atoms. The first-order chi connectivity index (χ1) is 4.62. The maximum atomic E-state index is 2.40. The Hall–Kier alpha value is 0.324. The van der Waals surface area contributed by atoms with Crippen molar-refractivity contribution < 1.29 is 18.6 Å². The molecule has 0 N–H and O–H groups in total. The van der Waals surface area contributed by atoms with Crippen molar-refractivity contribution in [2.45, 2.75) is 40.0 Å². The Bertz CT molecular complexity index is 201. The van der Waals surface area contributed by atoms with Crippen LogP contribution in [0.5, 0.6) is 0 Å². The molecule has 0 spiro atoms. The molecule has 0 saturated heterocycles. The van der Waals surface area contributed by atoms with Gasteiger partial charge in [0.2, 0.25) is 0 Å². The maximum Gasteiger partial charge on any atom is 0 e. The van der Waals surface area contributed by atoms with Gasteiger partial charge in [0, 0.05) is 18.6 Å². The average Bonchev–Trinajstić information content (AvgIpc) is 1.87. The summed E-state index contributed by atoms with van der Waals surface area (Å²) < 4.78 is 0. The van der Waals surface area contributed by atoms with Gasteiger partial charge in [0.15, 0.2) is 0 Å². The first kappa shape index (κ1) is 9.41. The van der Waals surface area contributed by atoms with E-state index in [9.17, 15) is 0 Å². The monoisotopic (exact) mass is 187 g/mol. The summed E-state index contributed by atoms with van der Waals surface area (Å²) in [6, 6.07) is 0. The van der Waals surface area contributed by atoms with Gasteiger partial charge in [-0.2, -0.15) is 0 Å². The van der Waals surface area contributed by atoms with Gasteiger partial charge in [0.25, 0.3) is 0 Å². The third-order valence-electron chi connectivity index (χ3n) is 3.63. The van der Waals surface area contributed by atoms with Crippen molar-refractivity contribution in [2.75, 3.05) is 0 Å². The van der Waals surface area contributed by atoms with Crippen molar-refractivity contribution in [3.05, 3.63) is 11.1 Å². The SMILES string of the molecule is CC1=C2CC(CC1)C2(C)C.[V]. The molecular formula is C10H16V. The summed E-state index contributed by atoms with van der Waals surface area (Å²) in [7, 11) is 0. The number of rotatable bonds is 0. The molecule has 1 atom stereocenters. The summed E-state index contributed by atoms with van der Waals surface area (Å²) >= 11 is 0. The Morgan fingerprint density at radius 3 is 2.27 bits per heavy atom. The fourth-order valence-corrected chi connectivity index (χ4v) is 2.61. The molecule has 11 heavy (non-hydrogen) atoms. The van der Waals surface area contributed by atoms with Crippen LogP contribution in [0.1, 0.15) is 40.0 Å². The molecule has 0 aromatic rings. The van der Waals surface area contributed by atoms with Crippen molar-refractivity contribution >= 4 is 0 Å². The van der Waals surface area contributed by atoms with Crippen LogP contribution in [0.15, 0.2) is 11.1 Å². The first-order valence-electron chi connectivity index (χ1n) is 4.31. The summed E-state index contributed by atoms with van der Waals surface area (Å²) in [5.74, 6) is 1.02. The Morgan fingerprint density at radius 2 is 2.00 bits per heavy atom. The number of fused-ring (bicyclic) bond motifs is 2. The minimum Gasteiger partial charge on any atom is -0.0735 e. The van der Waals surface area contributed by atoms with Gasteiger partial charge in [0.05, 0.1) is 0 Å². The predicted octanol–water partition coefficient (Wildman–Crippen LogP) is 3.14. The van der Waals surface area contributed by atoms with Crippen LogP contribution in [-0.2, 0) is 18.6 Å². The molecular weight excluding hydrogens is 171 g/mol. The molecule has 0 heterocycles. The Balaban J connectivity index is 0.000000605.